The highest BCUT2D eigenvalue weighted by Gasteiger charge is 2.20. The van der Waals surface area contributed by atoms with Crippen LogP contribution in [-0.2, 0) is 24.1 Å². The Labute approximate surface area is 218 Å². The van der Waals surface area contributed by atoms with Gasteiger partial charge in [0.2, 0.25) is 5.91 Å². The molecule has 1 aromatic carbocycles. The van der Waals surface area contributed by atoms with Gasteiger partial charge in [0, 0.05) is 41.6 Å². The van der Waals surface area contributed by atoms with E-state index in [2.05, 4.69) is 28.3 Å². The van der Waals surface area contributed by atoms with Gasteiger partial charge in [-0.1, -0.05) is 31.2 Å². The Bertz CT molecular complexity index is 1630. The molecule has 188 valence electrons. The number of carbonyl (C=O) groups excluding carboxylic acids is 1. The van der Waals surface area contributed by atoms with Crippen LogP contribution in [0.2, 0.25) is 0 Å². The molecule has 0 saturated carbocycles. The maximum Gasteiger partial charge on any atom is 0.268 e. The molecule has 8 nitrogen and oxygen atoms in total. The van der Waals surface area contributed by atoms with Crippen molar-refractivity contribution in [3.63, 3.8) is 0 Å². The first-order valence-electron chi connectivity index (χ1n) is 12.3. The third-order valence-corrected chi connectivity index (χ3v) is 7.21. The van der Waals surface area contributed by atoms with Crippen LogP contribution in [0.15, 0.2) is 64.9 Å². The first kappa shape index (κ1) is 24.6. The van der Waals surface area contributed by atoms with Crippen molar-refractivity contribution in [3.05, 3.63) is 98.8 Å². The van der Waals surface area contributed by atoms with Crippen molar-refractivity contribution >= 4 is 22.2 Å². The fourth-order valence-electron chi connectivity index (χ4n) is 4.48. The summed E-state index contributed by atoms with van der Waals surface area (Å²) in [5, 5.41) is 9.56. The average molecular weight is 513 g/mol. The molecule has 0 atom stereocenters. The van der Waals surface area contributed by atoms with E-state index in [4.69, 9.17) is 5.10 Å². The number of para-hydroxylation sites is 1. The summed E-state index contributed by atoms with van der Waals surface area (Å²) < 4.78 is 3.42. The van der Waals surface area contributed by atoms with E-state index in [0.717, 1.165) is 23.5 Å². The molecule has 0 saturated heterocycles. The van der Waals surface area contributed by atoms with E-state index >= 15 is 0 Å². The minimum absolute atomic E-state index is 0.0870. The Morgan fingerprint density at radius 3 is 2.70 bits per heavy atom. The lowest BCUT2D eigenvalue weighted by molar-refractivity contribution is -0.120. The van der Waals surface area contributed by atoms with Gasteiger partial charge in [0.05, 0.1) is 23.4 Å². The summed E-state index contributed by atoms with van der Waals surface area (Å²) in [5.74, 6) is -0.152. The summed E-state index contributed by atoms with van der Waals surface area (Å²) in [5.41, 5.74) is 6.06. The Kier molecular flexibility index (Phi) is 6.96. The number of hydrogen-bond acceptors (Lipinski definition) is 6. The van der Waals surface area contributed by atoms with Crippen LogP contribution in [0.5, 0.6) is 0 Å². The number of amides is 1. The van der Waals surface area contributed by atoms with Gasteiger partial charge in [-0.3, -0.25) is 19.0 Å². The molecule has 0 aliphatic heterocycles. The number of rotatable bonds is 8. The zero-order valence-electron chi connectivity index (χ0n) is 21.1. The normalized spacial score (nSPS) is 11.2. The molecule has 0 radical (unpaired) electrons. The quantitative estimate of drug-likeness (QED) is 0.338. The lowest BCUT2D eigenvalue weighted by Crippen LogP contribution is -2.29. The van der Waals surface area contributed by atoms with Gasteiger partial charge in [-0.15, -0.1) is 11.3 Å². The molecule has 0 aliphatic carbocycles. The van der Waals surface area contributed by atoms with Crippen LogP contribution in [-0.4, -0.2) is 36.6 Å². The van der Waals surface area contributed by atoms with Crippen LogP contribution in [0.4, 0.5) is 0 Å². The van der Waals surface area contributed by atoms with Crippen molar-refractivity contribution in [2.45, 2.75) is 40.0 Å². The maximum absolute atomic E-state index is 13.7. The fourth-order valence-corrected chi connectivity index (χ4v) is 5.41. The van der Waals surface area contributed by atoms with Gasteiger partial charge >= 0.3 is 0 Å². The number of carbonyl (C=O) groups is 1. The smallest absolute Gasteiger partial charge is 0.268 e. The monoisotopic (exact) mass is 512 g/mol. The van der Waals surface area contributed by atoms with Gasteiger partial charge in [-0.05, 0) is 50.1 Å². The third kappa shape index (κ3) is 4.95. The largest absolute Gasteiger partial charge is 0.355 e. The topological polar surface area (TPSA) is 94.2 Å². The zero-order valence-corrected chi connectivity index (χ0v) is 21.9. The highest BCUT2D eigenvalue weighted by atomic mass is 32.1. The Balaban J connectivity index is 1.44. The first-order valence-corrected chi connectivity index (χ1v) is 13.2. The molecule has 0 unspecified atom stereocenters. The Morgan fingerprint density at radius 1 is 1.11 bits per heavy atom. The fraction of sp³-hybridized carbons (Fsp3) is 0.250. The van der Waals surface area contributed by atoms with E-state index in [0.29, 0.717) is 40.6 Å². The number of nitrogens with one attached hydrogen (secondary N) is 1. The summed E-state index contributed by atoms with van der Waals surface area (Å²) >= 11 is 1.36. The first-order chi connectivity index (χ1) is 18.0. The van der Waals surface area contributed by atoms with Gasteiger partial charge < -0.3 is 5.32 Å². The predicted molar refractivity (Wildman–Crippen MR) is 145 cm³/mol. The molecule has 4 aromatic heterocycles. The number of fused-ring (bicyclic) bond motifs is 1. The van der Waals surface area contributed by atoms with Gasteiger partial charge in [0.1, 0.15) is 5.69 Å². The van der Waals surface area contributed by atoms with Crippen molar-refractivity contribution in [3.8, 4) is 16.9 Å². The van der Waals surface area contributed by atoms with Crippen molar-refractivity contribution < 1.29 is 4.79 Å². The predicted octanol–water partition coefficient (Wildman–Crippen LogP) is 4.08. The average Bonchev–Trinajstić information content (AvgIpc) is 3.47. The standard InChI is InChI=1S/C28H28N6O2S/c1-4-20-9-5-6-11-24(20)34-18(2)15-23(32-34)26-19(3)31-28-33(27(26)36)22(17-37-28)16-25(35)30-14-12-21-10-7-8-13-29-21/h5-11,13,15,17H,4,12,14,16H2,1-3H3,(H,30,35). The van der Waals surface area contributed by atoms with Crippen LogP contribution < -0.4 is 10.9 Å². The summed E-state index contributed by atoms with van der Waals surface area (Å²) in [6.07, 6.45) is 3.34. The molecule has 37 heavy (non-hydrogen) atoms. The highest BCUT2D eigenvalue weighted by Crippen LogP contribution is 2.24. The number of aromatic nitrogens is 5. The molecule has 5 aromatic rings. The second kappa shape index (κ2) is 10.5. The molecular formula is C28H28N6O2S. The van der Waals surface area contributed by atoms with Crippen LogP contribution in [0.1, 0.15) is 35.3 Å². The van der Waals surface area contributed by atoms with E-state index in [1.165, 1.54) is 16.9 Å². The van der Waals surface area contributed by atoms with Crippen LogP contribution in [0.25, 0.3) is 21.9 Å². The maximum atomic E-state index is 13.7. The molecule has 0 aliphatic rings. The summed E-state index contributed by atoms with van der Waals surface area (Å²) in [4.78, 5) is 35.9. The Morgan fingerprint density at radius 2 is 1.92 bits per heavy atom. The summed E-state index contributed by atoms with van der Waals surface area (Å²) in [6, 6.07) is 15.8. The molecule has 1 N–H and O–H groups in total. The van der Waals surface area contributed by atoms with Crippen molar-refractivity contribution in [1.29, 1.82) is 0 Å². The molecule has 0 fully saturated rings. The second-order valence-electron chi connectivity index (χ2n) is 8.89. The van der Waals surface area contributed by atoms with Gasteiger partial charge in [-0.2, -0.15) is 5.10 Å². The molecule has 0 spiro atoms. The SMILES string of the molecule is CCc1ccccc1-n1nc(-c2c(C)nc3scc(CC(=O)NCCc4ccccn4)n3c2=O)cc1C. The summed E-state index contributed by atoms with van der Waals surface area (Å²) in [6.45, 7) is 6.40. The Hall–Kier alpha value is -4.11. The van der Waals surface area contributed by atoms with E-state index < -0.39 is 0 Å². The minimum Gasteiger partial charge on any atom is -0.355 e. The number of hydrogen-bond donors (Lipinski definition) is 1. The molecule has 5 rings (SSSR count). The molecule has 1 amide bonds. The number of thiazole rings is 1. The van der Waals surface area contributed by atoms with Crippen LogP contribution in [0.3, 0.4) is 0 Å². The molecule has 4 heterocycles. The van der Waals surface area contributed by atoms with E-state index in [9.17, 15) is 9.59 Å². The van der Waals surface area contributed by atoms with Gasteiger partial charge in [-0.25, -0.2) is 9.67 Å². The minimum atomic E-state index is -0.214. The number of nitrogens with zero attached hydrogens (tertiary/aromatic N) is 5. The van der Waals surface area contributed by atoms with Crippen molar-refractivity contribution in [2.24, 2.45) is 0 Å². The van der Waals surface area contributed by atoms with E-state index in [1.807, 2.05) is 66.4 Å². The van der Waals surface area contributed by atoms with E-state index in [-0.39, 0.29) is 17.9 Å². The van der Waals surface area contributed by atoms with Crippen LogP contribution >= 0.6 is 11.3 Å². The van der Waals surface area contributed by atoms with Crippen molar-refractivity contribution in [1.82, 2.24) is 29.5 Å². The number of aryl methyl sites for hydroxylation is 3. The third-order valence-electron chi connectivity index (χ3n) is 6.34. The zero-order chi connectivity index (χ0) is 25.9. The van der Waals surface area contributed by atoms with Crippen LogP contribution in [0, 0.1) is 13.8 Å². The lowest BCUT2D eigenvalue weighted by atomic mass is 10.1. The van der Waals surface area contributed by atoms with E-state index in [1.54, 1.807) is 10.6 Å². The molecular weight excluding hydrogens is 484 g/mol. The second-order valence-corrected chi connectivity index (χ2v) is 9.72. The van der Waals surface area contributed by atoms with Gasteiger partial charge in [0.15, 0.2) is 4.96 Å². The number of benzene rings is 1. The molecule has 0 bridgehead atoms. The van der Waals surface area contributed by atoms with Crippen molar-refractivity contribution in [2.75, 3.05) is 6.54 Å². The lowest BCUT2D eigenvalue weighted by Gasteiger charge is -2.09. The van der Waals surface area contributed by atoms with Gasteiger partial charge in [0.25, 0.3) is 5.56 Å². The number of pyridine rings is 1. The highest BCUT2D eigenvalue weighted by molar-refractivity contribution is 7.15. The molecule has 9 heteroatoms. The summed E-state index contributed by atoms with van der Waals surface area (Å²) in [7, 11) is 0.